The molecule has 1 N–H and O–H groups in total. The van der Waals surface area contributed by atoms with E-state index < -0.39 is 5.97 Å². The van der Waals surface area contributed by atoms with Crippen molar-refractivity contribution in [1.82, 2.24) is 9.78 Å². The number of aromatic nitrogens is 2. The molecular formula is C13H13BrN2O3. The Hall–Kier alpha value is -1.82. The van der Waals surface area contributed by atoms with Gasteiger partial charge in [0, 0.05) is 0 Å². The second kappa shape index (κ2) is 5.44. The van der Waals surface area contributed by atoms with Crippen LogP contribution in [0.4, 0.5) is 0 Å². The summed E-state index contributed by atoms with van der Waals surface area (Å²) in [5, 5.41) is 13.1. The highest BCUT2D eigenvalue weighted by atomic mass is 79.9. The standard InChI is InChI=1S/C13H13BrN2O3/c1-8-11(14)12(13(17)18)15-16(8)7-9-3-5-10(19-2)6-4-9/h3-6H,7H2,1-2H3,(H,17,18). The van der Waals surface area contributed by atoms with Crippen molar-refractivity contribution < 1.29 is 14.6 Å². The van der Waals surface area contributed by atoms with Gasteiger partial charge in [0.25, 0.3) is 0 Å². The van der Waals surface area contributed by atoms with Crippen LogP contribution in [-0.4, -0.2) is 28.0 Å². The van der Waals surface area contributed by atoms with Crippen LogP contribution in [0.25, 0.3) is 0 Å². The third-order valence-electron chi connectivity index (χ3n) is 2.83. The molecule has 0 saturated carbocycles. The van der Waals surface area contributed by atoms with Gasteiger partial charge in [0.1, 0.15) is 5.75 Å². The van der Waals surface area contributed by atoms with Crippen molar-refractivity contribution in [3.8, 4) is 5.75 Å². The van der Waals surface area contributed by atoms with E-state index in [4.69, 9.17) is 9.84 Å². The minimum atomic E-state index is -1.04. The van der Waals surface area contributed by atoms with E-state index in [2.05, 4.69) is 21.0 Å². The van der Waals surface area contributed by atoms with Crippen molar-refractivity contribution in [2.45, 2.75) is 13.5 Å². The summed E-state index contributed by atoms with van der Waals surface area (Å²) in [7, 11) is 1.61. The molecule has 1 heterocycles. The minimum Gasteiger partial charge on any atom is -0.497 e. The van der Waals surface area contributed by atoms with Gasteiger partial charge in [-0.05, 0) is 40.5 Å². The molecule has 0 aliphatic carbocycles. The first-order chi connectivity index (χ1) is 9.02. The van der Waals surface area contributed by atoms with Gasteiger partial charge in [0.05, 0.1) is 23.8 Å². The van der Waals surface area contributed by atoms with Gasteiger partial charge in [-0.3, -0.25) is 4.68 Å². The molecule has 0 unspecified atom stereocenters. The average Bonchev–Trinajstić information content (AvgIpc) is 2.68. The maximum absolute atomic E-state index is 11.0. The fourth-order valence-corrected chi connectivity index (χ4v) is 2.17. The van der Waals surface area contributed by atoms with Crippen molar-refractivity contribution in [2.75, 3.05) is 7.11 Å². The number of benzene rings is 1. The highest BCUT2D eigenvalue weighted by Crippen LogP contribution is 2.22. The molecule has 0 radical (unpaired) electrons. The molecule has 0 atom stereocenters. The van der Waals surface area contributed by atoms with Gasteiger partial charge in [0.2, 0.25) is 0 Å². The number of hydrogen-bond acceptors (Lipinski definition) is 3. The molecule has 19 heavy (non-hydrogen) atoms. The van der Waals surface area contributed by atoms with Crippen molar-refractivity contribution in [3.63, 3.8) is 0 Å². The highest BCUT2D eigenvalue weighted by Gasteiger charge is 2.17. The Kier molecular flexibility index (Phi) is 3.90. The number of aromatic carboxylic acids is 1. The summed E-state index contributed by atoms with van der Waals surface area (Å²) in [4.78, 5) is 11.0. The van der Waals surface area contributed by atoms with Gasteiger partial charge in [-0.15, -0.1) is 0 Å². The van der Waals surface area contributed by atoms with Gasteiger partial charge >= 0.3 is 5.97 Å². The SMILES string of the molecule is COc1ccc(Cn2nc(C(=O)O)c(Br)c2C)cc1. The lowest BCUT2D eigenvalue weighted by atomic mass is 10.2. The zero-order valence-electron chi connectivity index (χ0n) is 10.6. The predicted molar refractivity (Wildman–Crippen MR) is 73.7 cm³/mol. The van der Waals surface area contributed by atoms with Gasteiger partial charge in [-0.1, -0.05) is 12.1 Å². The Morgan fingerprint density at radius 1 is 1.42 bits per heavy atom. The lowest BCUT2D eigenvalue weighted by Gasteiger charge is -2.05. The normalized spacial score (nSPS) is 10.5. The summed E-state index contributed by atoms with van der Waals surface area (Å²) in [6, 6.07) is 7.57. The molecule has 2 aromatic rings. The van der Waals surface area contributed by atoms with Crippen LogP contribution in [0.15, 0.2) is 28.7 Å². The summed E-state index contributed by atoms with van der Waals surface area (Å²) in [5.74, 6) is -0.253. The predicted octanol–water partition coefficient (Wildman–Crippen LogP) is 2.71. The second-order valence-electron chi connectivity index (χ2n) is 4.06. The number of nitrogens with zero attached hydrogens (tertiary/aromatic N) is 2. The molecule has 0 aliphatic heterocycles. The number of carboxylic acid groups (broad SMARTS) is 1. The van der Waals surface area contributed by atoms with Crippen LogP contribution in [0.3, 0.4) is 0 Å². The van der Waals surface area contributed by atoms with Crippen molar-refractivity contribution in [3.05, 3.63) is 45.7 Å². The number of carboxylic acids is 1. The fraction of sp³-hybridized carbons (Fsp3) is 0.231. The van der Waals surface area contributed by atoms with E-state index >= 15 is 0 Å². The van der Waals surface area contributed by atoms with Crippen LogP contribution in [0, 0.1) is 6.92 Å². The molecule has 0 fully saturated rings. The van der Waals surface area contributed by atoms with Crippen molar-refractivity contribution >= 4 is 21.9 Å². The molecule has 0 aliphatic rings. The zero-order chi connectivity index (χ0) is 14.0. The van der Waals surface area contributed by atoms with Gasteiger partial charge in [0.15, 0.2) is 5.69 Å². The fourth-order valence-electron chi connectivity index (χ4n) is 1.72. The van der Waals surface area contributed by atoms with Crippen LogP contribution in [0.2, 0.25) is 0 Å². The van der Waals surface area contributed by atoms with E-state index in [-0.39, 0.29) is 5.69 Å². The van der Waals surface area contributed by atoms with Gasteiger partial charge in [-0.2, -0.15) is 5.10 Å². The maximum Gasteiger partial charge on any atom is 0.357 e. The monoisotopic (exact) mass is 324 g/mol. The second-order valence-corrected chi connectivity index (χ2v) is 4.85. The minimum absolute atomic E-state index is 0.0333. The molecule has 0 bridgehead atoms. The lowest BCUT2D eigenvalue weighted by molar-refractivity contribution is 0.0688. The number of carbonyl (C=O) groups is 1. The summed E-state index contributed by atoms with van der Waals surface area (Å²) in [6.45, 7) is 2.34. The number of hydrogen-bond donors (Lipinski definition) is 1. The number of rotatable bonds is 4. The molecule has 6 heteroatoms. The van der Waals surface area contributed by atoms with E-state index in [0.717, 1.165) is 17.0 Å². The summed E-state index contributed by atoms with van der Waals surface area (Å²) < 4.78 is 7.27. The smallest absolute Gasteiger partial charge is 0.357 e. The van der Waals surface area contributed by atoms with E-state index in [9.17, 15) is 4.79 Å². The Morgan fingerprint density at radius 3 is 2.53 bits per heavy atom. The maximum atomic E-state index is 11.0. The quantitative estimate of drug-likeness (QED) is 0.939. The van der Waals surface area contributed by atoms with Crippen LogP contribution < -0.4 is 4.74 Å². The van der Waals surface area contributed by atoms with Crippen LogP contribution >= 0.6 is 15.9 Å². The van der Waals surface area contributed by atoms with Crippen LogP contribution in [0.1, 0.15) is 21.7 Å². The topological polar surface area (TPSA) is 64.4 Å². The van der Waals surface area contributed by atoms with Crippen molar-refractivity contribution in [1.29, 1.82) is 0 Å². The third-order valence-corrected chi connectivity index (χ3v) is 3.78. The van der Waals surface area contributed by atoms with E-state index in [1.165, 1.54) is 0 Å². The van der Waals surface area contributed by atoms with Crippen molar-refractivity contribution in [2.24, 2.45) is 0 Å². The zero-order valence-corrected chi connectivity index (χ0v) is 12.1. The first kappa shape index (κ1) is 13.6. The Labute approximate surface area is 118 Å². The number of halogens is 1. The number of methoxy groups -OCH3 is 1. The summed E-state index contributed by atoms with van der Waals surface area (Å²) in [5.41, 5.74) is 1.84. The van der Waals surface area contributed by atoms with Gasteiger partial charge in [-0.25, -0.2) is 4.79 Å². The lowest BCUT2D eigenvalue weighted by Crippen LogP contribution is -2.05. The van der Waals surface area contributed by atoms with Crippen LogP contribution in [0.5, 0.6) is 5.75 Å². The largest absolute Gasteiger partial charge is 0.497 e. The van der Waals surface area contributed by atoms with E-state index in [1.807, 2.05) is 31.2 Å². The Bertz CT molecular complexity index is 605. The summed E-state index contributed by atoms with van der Waals surface area (Å²) >= 11 is 3.25. The van der Waals surface area contributed by atoms with Crippen LogP contribution in [-0.2, 0) is 6.54 Å². The Balaban J connectivity index is 2.27. The molecule has 2 rings (SSSR count). The van der Waals surface area contributed by atoms with E-state index in [1.54, 1.807) is 11.8 Å². The number of ether oxygens (including phenoxy) is 1. The van der Waals surface area contributed by atoms with E-state index in [0.29, 0.717) is 11.0 Å². The molecule has 1 aromatic carbocycles. The highest BCUT2D eigenvalue weighted by molar-refractivity contribution is 9.10. The molecule has 0 spiro atoms. The molecule has 5 nitrogen and oxygen atoms in total. The third kappa shape index (κ3) is 2.78. The Morgan fingerprint density at radius 2 is 2.05 bits per heavy atom. The molecule has 0 saturated heterocycles. The molecule has 100 valence electrons. The first-order valence-electron chi connectivity index (χ1n) is 5.62. The van der Waals surface area contributed by atoms with Gasteiger partial charge < -0.3 is 9.84 Å². The molecule has 1 aromatic heterocycles. The average molecular weight is 325 g/mol. The first-order valence-corrected chi connectivity index (χ1v) is 6.41. The molecular weight excluding hydrogens is 312 g/mol. The molecule has 0 amide bonds. The summed E-state index contributed by atoms with van der Waals surface area (Å²) in [6.07, 6.45) is 0.